The van der Waals surface area contributed by atoms with Gasteiger partial charge in [-0.05, 0) is 31.0 Å². The van der Waals surface area contributed by atoms with Crippen molar-refractivity contribution >= 4 is 0 Å². The van der Waals surface area contributed by atoms with Gasteiger partial charge in [0.15, 0.2) is 0 Å². The highest BCUT2D eigenvalue weighted by atomic mass is 16.3. The summed E-state index contributed by atoms with van der Waals surface area (Å²) in [5, 5.41) is 3.52. The first-order chi connectivity index (χ1) is 8.29. The van der Waals surface area contributed by atoms with Crippen molar-refractivity contribution in [2.75, 3.05) is 6.54 Å². The van der Waals surface area contributed by atoms with Crippen LogP contribution in [-0.2, 0) is 13.5 Å². The van der Waals surface area contributed by atoms with Crippen LogP contribution >= 0.6 is 0 Å². The number of nitrogens with zero attached hydrogens (tertiary/aromatic N) is 2. The van der Waals surface area contributed by atoms with E-state index < -0.39 is 0 Å². The van der Waals surface area contributed by atoms with Gasteiger partial charge in [0, 0.05) is 13.2 Å². The third kappa shape index (κ3) is 3.20. The Hall–Kier alpha value is -1.55. The molecule has 0 aliphatic rings. The fourth-order valence-electron chi connectivity index (χ4n) is 1.86. The Kier molecular flexibility index (Phi) is 3.98. The fraction of sp³-hybridized carbons (Fsp3) is 0.462. The lowest BCUT2D eigenvalue weighted by Crippen LogP contribution is -2.24. The van der Waals surface area contributed by atoms with E-state index in [-0.39, 0.29) is 6.04 Å². The largest absolute Gasteiger partial charge is 0.472 e. The minimum atomic E-state index is 0.258. The van der Waals surface area contributed by atoms with E-state index in [1.807, 2.05) is 24.0 Å². The Labute approximate surface area is 102 Å². The van der Waals surface area contributed by atoms with Crippen molar-refractivity contribution in [3.63, 3.8) is 0 Å². The number of hydrogen-bond acceptors (Lipinski definition) is 3. The van der Waals surface area contributed by atoms with Crippen molar-refractivity contribution in [3.05, 3.63) is 42.4 Å². The first-order valence-electron chi connectivity index (χ1n) is 6.02. The molecule has 4 nitrogen and oxygen atoms in total. The molecule has 0 aliphatic carbocycles. The molecular weight excluding hydrogens is 214 g/mol. The Balaban J connectivity index is 2.07. The van der Waals surface area contributed by atoms with Gasteiger partial charge in [0.1, 0.15) is 0 Å². The lowest BCUT2D eigenvalue weighted by atomic mass is 10.1. The van der Waals surface area contributed by atoms with E-state index in [1.165, 1.54) is 5.56 Å². The highest BCUT2D eigenvalue weighted by Crippen LogP contribution is 2.17. The lowest BCUT2D eigenvalue weighted by molar-refractivity contribution is 0.512. The van der Waals surface area contributed by atoms with Crippen molar-refractivity contribution in [1.29, 1.82) is 0 Å². The molecule has 0 aromatic carbocycles. The number of nitrogens with one attached hydrogen (secondary N) is 1. The maximum absolute atomic E-state index is 5.11. The number of furan rings is 1. The number of aryl methyl sites for hydroxylation is 1. The monoisotopic (exact) mass is 233 g/mol. The van der Waals surface area contributed by atoms with Gasteiger partial charge in [0.2, 0.25) is 0 Å². The summed E-state index contributed by atoms with van der Waals surface area (Å²) in [6.07, 6.45) is 9.44. The molecule has 0 saturated carbocycles. The molecule has 17 heavy (non-hydrogen) atoms. The molecule has 0 aliphatic heterocycles. The molecule has 0 radical (unpaired) electrons. The Morgan fingerprint density at radius 3 is 3.00 bits per heavy atom. The highest BCUT2D eigenvalue weighted by Gasteiger charge is 2.14. The van der Waals surface area contributed by atoms with Crippen LogP contribution in [0.15, 0.2) is 35.5 Å². The summed E-state index contributed by atoms with van der Waals surface area (Å²) in [5.74, 6) is 0. The molecule has 2 aromatic rings. The van der Waals surface area contributed by atoms with E-state index in [0.29, 0.717) is 0 Å². The number of aromatic nitrogens is 2. The molecule has 0 spiro atoms. The van der Waals surface area contributed by atoms with Gasteiger partial charge < -0.3 is 14.3 Å². The lowest BCUT2D eigenvalue weighted by Gasteiger charge is -2.15. The molecule has 0 saturated heterocycles. The molecule has 1 unspecified atom stereocenters. The van der Waals surface area contributed by atoms with E-state index in [4.69, 9.17) is 4.42 Å². The fourth-order valence-corrected chi connectivity index (χ4v) is 1.86. The average Bonchev–Trinajstić information content (AvgIpc) is 2.95. The van der Waals surface area contributed by atoms with E-state index in [2.05, 4.69) is 23.4 Å². The van der Waals surface area contributed by atoms with Gasteiger partial charge >= 0.3 is 0 Å². The summed E-state index contributed by atoms with van der Waals surface area (Å²) in [6, 6.07) is 2.26. The van der Waals surface area contributed by atoms with Gasteiger partial charge in [-0.2, -0.15) is 0 Å². The summed E-state index contributed by atoms with van der Waals surface area (Å²) in [4.78, 5) is 4.42. The highest BCUT2D eigenvalue weighted by molar-refractivity contribution is 5.13. The normalized spacial score (nSPS) is 12.8. The van der Waals surface area contributed by atoms with Gasteiger partial charge in [-0.25, -0.2) is 4.98 Å². The van der Waals surface area contributed by atoms with E-state index in [0.717, 1.165) is 25.1 Å². The summed E-state index contributed by atoms with van der Waals surface area (Å²) in [7, 11) is 1.99. The first-order valence-corrected chi connectivity index (χ1v) is 6.02. The number of rotatable bonds is 6. The number of imidazole rings is 1. The second-order valence-corrected chi connectivity index (χ2v) is 4.31. The third-order valence-electron chi connectivity index (χ3n) is 2.74. The zero-order valence-electron chi connectivity index (χ0n) is 10.4. The molecule has 1 atom stereocenters. The second kappa shape index (κ2) is 5.68. The predicted molar refractivity (Wildman–Crippen MR) is 66.7 cm³/mol. The van der Waals surface area contributed by atoms with Crippen molar-refractivity contribution in [3.8, 4) is 0 Å². The van der Waals surface area contributed by atoms with E-state index in [1.54, 1.807) is 12.5 Å². The molecule has 2 heterocycles. The Morgan fingerprint density at radius 1 is 1.53 bits per heavy atom. The molecule has 2 rings (SSSR count). The van der Waals surface area contributed by atoms with E-state index in [9.17, 15) is 0 Å². The smallest absolute Gasteiger partial charge is 0.0947 e. The van der Waals surface area contributed by atoms with Crippen LogP contribution < -0.4 is 5.32 Å². The van der Waals surface area contributed by atoms with Crippen molar-refractivity contribution in [2.45, 2.75) is 25.8 Å². The number of hydrogen-bond donors (Lipinski definition) is 1. The van der Waals surface area contributed by atoms with Crippen LogP contribution in [0.5, 0.6) is 0 Å². The van der Waals surface area contributed by atoms with Crippen LogP contribution in [0.2, 0.25) is 0 Å². The minimum Gasteiger partial charge on any atom is -0.472 e. The molecular formula is C13H19N3O. The van der Waals surface area contributed by atoms with Gasteiger partial charge in [0.25, 0.3) is 0 Å². The molecule has 92 valence electrons. The summed E-state index contributed by atoms with van der Waals surface area (Å²) < 4.78 is 7.09. The Morgan fingerprint density at radius 2 is 2.41 bits per heavy atom. The molecule has 0 bridgehead atoms. The van der Waals surface area contributed by atoms with Crippen LogP contribution in [0, 0.1) is 0 Å². The van der Waals surface area contributed by atoms with Gasteiger partial charge in [-0.15, -0.1) is 0 Å². The predicted octanol–water partition coefficient (Wildman–Crippen LogP) is 2.30. The standard InChI is InChI=1S/C13H19N3O/c1-3-5-14-12(7-11-4-6-17-9-11)13-8-16(2)10-15-13/h4,6,8-10,12,14H,3,5,7H2,1-2H3. The van der Waals surface area contributed by atoms with Crippen LogP contribution in [0.4, 0.5) is 0 Å². The maximum Gasteiger partial charge on any atom is 0.0947 e. The van der Waals surface area contributed by atoms with Crippen molar-refractivity contribution < 1.29 is 4.42 Å². The quantitative estimate of drug-likeness (QED) is 0.832. The molecule has 4 heteroatoms. The Bertz CT molecular complexity index is 433. The first kappa shape index (κ1) is 11.9. The van der Waals surface area contributed by atoms with Crippen LogP contribution in [0.3, 0.4) is 0 Å². The topological polar surface area (TPSA) is 43.0 Å². The zero-order valence-corrected chi connectivity index (χ0v) is 10.4. The zero-order chi connectivity index (χ0) is 12.1. The molecule has 0 fully saturated rings. The van der Waals surface area contributed by atoms with Crippen LogP contribution in [-0.4, -0.2) is 16.1 Å². The second-order valence-electron chi connectivity index (χ2n) is 4.31. The summed E-state index contributed by atoms with van der Waals surface area (Å²) in [6.45, 7) is 3.17. The van der Waals surface area contributed by atoms with Gasteiger partial charge in [-0.3, -0.25) is 0 Å². The van der Waals surface area contributed by atoms with Crippen molar-refractivity contribution in [1.82, 2.24) is 14.9 Å². The van der Waals surface area contributed by atoms with Gasteiger partial charge in [0.05, 0.1) is 30.6 Å². The molecule has 1 N–H and O–H groups in total. The summed E-state index contributed by atoms with van der Waals surface area (Å²) in [5.41, 5.74) is 2.28. The van der Waals surface area contributed by atoms with Crippen LogP contribution in [0.25, 0.3) is 0 Å². The summed E-state index contributed by atoms with van der Waals surface area (Å²) >= 11 is 0. The minimum absolute atomic E-state index is 0.258. The maximum atomic E-state index is 5.11. The van der Waals surface area contributed by atoms with Gasteiger partial charge in [-0.1, -0.05) is 6.92 Å². The molecule has 2 aromatic heterocycles. The average molecular weight is 233 g/mol. The molecule has 0 amide bonds. The van der Waals surface area contributed by atoms with E-state index >= 15 is 0 Å². The third-order valence-corrected chi connectivity index (χ3v) is 2.74. The van der Waals surface area contributed by atoms with Crippen molar-refractivity contribution in [2.24, 2.45) is 7.05 Å². The van der Waals surface area contributed by atoms with Crippen LogP contribution in [0.1, 0.15) is 30.6 Å². The SMILES string of the molecule is CCCNC(Cc1ccoc1)c1cn(C)cn1.